The van der Waals surface area contributed by atoms with E-state index in [9.17, 15) is 13.2 Å². The molecule has 1 amide bonds. The minimum absolute atomic E-state index is 0.0132. The Labute approximate surface area is 208 Å². The molecule has 0 bridgehead atoms. The Balaban J connectivity index is 1.85. The van der Waals surface area contributed by atoms with E-state index >= 15 is 0 Å². The number of amides is 1. The fourth-order valence-corrected chi connectivity index (χ4v) is 5.43. The molecule has 1 fully saturated rings. The Kier molecular flexibility index (Phi) is 9.40. The highest BCUT2D eigenvalue weighted by Gasteiger charge is 2.25. The molecule has 1 N–H and O–H groups in total. The Morgan fingerprint density at radius 1 is 0.943 bits per heavy atom. The van der Waals surface area contributed by atoms with Crippen molar-refractivity contribution in [2.75, 3.05) is 33.4 Å². The number of rotatable bonds is 10. The molecule has 0 spiro atoms. The normalized spacial score (nSPS) is 15.3. The molecular formula is C26H36N2O6S. The number of hydrogen-bond donors (Lipinski definition) is 1. The summed E-state index contributed by atoms with van der Waals surface area (Å²) in [6, 6.07) is 9.23. The number of nitrogens with one attached hydrogen (secondary N) is 1. The molecule has 1 aliphatic heterocycles. The van der Waals surface area contributed by atoms with Gasteiger partial charge >= 0.3 is 0 Å². The second kappa shape index (κ2) is 12.3. The van der Waals surface area contributed by atoms with Crippen LogP contribution in [0.1, 0.15) is 68.4 Å². The minimum atomic E-state index is -3.92. The molecule has 0 radical (unpaired) electrons. The summed E-state index contributed by atoms with van der Waals surface area (Å²) in [7, 11) is -2.44. The van der Waals surface area contributed by atoms with Crippen LogP contribution in [-0.2, 0) is 10.0 Å². The van der Waals surface area contributed by atoms with Gasteiger partial charge in [-0.3, -0.25) is 4.79 Å². The standard InChI is InChI=1S/C26H36N2O6S/c1-5-33-24-13-11-20(17-25(24)34-6-2)19(3)27-35(30,31)21-12-14-23(32-4)22(18-21)26(29)28-15-9-7-8-10-16-28/h11-14,17-19,27H,5-10,15-16H2,1-4H3. The lowest BCUT2D eigenvalue weighted by atomic mass is 10.1. The zero-order chi connectivity index (χ0) is 25.4. The Morgan fingerprint density at radius 2 is 1.57 bits per heavy atom. The van der Waals surface area contributed by atoms with Crippen molar-refractivity contribution >= 4 is 15.9 Å². The molecule has 1 saturated heterocycles. The van der Waals surface area contributed by atoms with Gasteiger partial charge < -0.3 is 19.1 Å². The van der Waals surface area contributed by atoms with Crippen LogP contribution in [0.3, 0.4) is 0 Å². The molecule has 2 aromatic rings. The van der Waals surface area contributed by atoms with Gasteiger partial charge in [-0.05, 0) is 69.5 Å². The summed E-state index contributed by atoms with van der Waals surface area (Å²) in [5, 5.41) is 0. The molecule has 1 heterocycles. The first-order chi connectivity index (χ1) is 16.8. The zero-order valence-electron chi connectivity index (χ0n) is 21.0. The smallest absolute Gasteiger partial charge is 0.257 e. The number of likely N-dealkylation sites (tertiary alicyclic amines) is 1. The highest BCUT2D eigenvalue weighted by atomic mass is 32.2. The van der Waals surface area contributed by atoms with Crippen LogP contribution < -0.4 is 18.9 Å². The first kappa shape index (κ1) is 26.8. The fraction of sp³-hybridized carbons (Fsp3) is 0.500. The third-order valence-corrected chi connectivity index (χ3v) is 7.54. The number of carbonyl (C=O) groups is 1. The van der Waals surface area contributed by atoms with Crippen molar-refractivity contribution in [3.63, 3.8) is 0 Å². The van der Waals surface area contributed by atoms with Crippen molar-refractivity contribution in [3.05, 3.63) is 47.5 Å². The highest BCUT2D eigenvalue weighted by Crippen LogP contribution is 2.32. The lowest BCUT2D eigenvalue weighted by molar-refractivity contribution is 0.0758. The molecule has 0 aromatic heterocycles. The van der Waals surface area contributed by atoms with Gasteiger partial charge in [0.05, 0.1) is 30.8 Å². The summed E-state index contributed by atoms with van der Waals surface area (Å²) in [5.74, 6) is 1.33. The van der Waals surface area contributed by atoms with Crippen LogP contribution in [0, 0.1) is 0 Å². The van der Waals surface area contributed by atoms with E-state index in [1.165, 1.54) is 25.3 Å². The van der Waals surface area contributed by atoms with Gasteiger partial charge in [-0.1, -0.05) is 18.9 Å². The van der Waals surface area contributed by atoms with Crippen LogP contribution in [0.5, 0.6) is 17.2 Å². The second-order valence-electron chi connectivity index (χ2n) is 8.48. The molecule has 3 rings (SSSR count). The van der Waals surface area contributed by atoms with Gasteiger partial charge in [-0.2, -0.15) is 0 Å². The van der Waals surface area contributed by atoms with Crippen molar-refractivity contribution in [3.8, 4) is 17.2 Å². The molecule has 8 nitrogen and oxygen atoms in total. The van der Waals surface area contributed by atoms with E-state index in [-0.39, 0.29) is 16.4 Å². The van der Waals surface area contributed by atoms with Crippen LogP contribution in [-0.4, -0.2) is 52.6 Å². The van der Waals surface area contributed by atoms with E-state index in [2.05, 4.69) is 4.72 Å². The average molecular weight is 505 g/mol. The monoisotopic (exact) mass is 504 g/mol. The predicted molar refractivity (Wildman–Crippen MR) is 135 cm³/mol. The van der Waals surface area contributed by atoms with Crippen LogP contribution >= 0.6 is 0 Å². The Bertz CT molecular complexity index is 1110. The van der Waals surface area contributed by atoms with E-state index < -0.39 is 16.1 Å². The maximum absolute atomic E-state index is 13.3. The summed E-state index contributed by atoms with van der Waals surface area (Å²) < 4.78 is 45.9. The first-order valence-electron chi connectivity index (χ1n) is 12.2. The van der Waals surface area contributed by atoms with Gasteiger partial charge in [-0.15, -0.1) is 0 Å². The molecule has 1 atom stereocenters. The summed E-state index contributed by atoms with van der Waals surface area (Å²) in [6.07, 6.45) is 4.06. The summed E-state index contributed by atoms with van der Waals surface area (Å²) in [5.41, 5.74) is 0.986. The molecule has 1 aliphatic rings. The van der Waals surface area contributed by atoms with Gasteiger partial charge in [0.25, 0.3) is 5.91 Å². The fourth-order valence-electron chi connectivity index (χ4n) is 4.17. The largest absolute Gasteiger partial charge is 0.496 e. The lowest BCUT2D eigenvalue weighted by Crippen LogP contribution is -2.32. The Hall–Kier alpha value is -2.78. The van der Waals surface area contributed by atoms with E-state index in [0.717, 1.165) is 31.2 Å². The number of ether oxygens (including phenoxy) is 3. The molecular weight excluding hydrogens is 468 g/mol. The average Bonchev–Trinajstić information content (AvgIpc) is 3.14. The van der Waals surface area contributed by atoms with Crippen LogP contribution in [0.4, 0.5) is 0 Å². The number of sulfonamides is 1. The summed E-state index contributed by atoms with van der Waals surface area (Å²) in [4.78, 5) is 15.0. The van der Waals surface area contributed by atoms with Gasteiger partial charge in [0.1, 0.15) is 5.75 Å². The first-order valence-corrected chi connectivity index (χ1v) is 13.7. The number of carbonyl (C=O) groups excluding carboxylic acids is 1. The minimum Gasteiger partial charge on any atom is -0.496 e. The van der Waals surface area contributed by atoms with Crippen molar-refractivity contribution in [1.29, 1.82) is 0 Å². The van der Waals surface area contributed by atoms with E-state index in [1.54, 1.807) is 24.0 Å². The zero-order valence-corrected chi connectivity index (χ0v) is 21.8. The van der Waals surface area contributed by atoms with Gasteiger partial charge in [0, 0.05) is 19.1 Å². The number of methoxy groups -OCH3 is 1. The predicted octanol–water partition coefficient (Wildman–Crippen LogP) is 4.55. The van der Waals surface area contributed by atoms with Crippen LogP contribution in [0.2, 0.25) is 0 Å². The van der Waals surface area contributed by atoms with E-state index in [1.807, 2.05) is 19.9 Å². The summed E-state index contributed by atoms with van der Waals surface area (Å²) in [6.45, 7) is 7.81. The molecule has 2 aromatic carbocycles. The third-order valence-electron chi connectivity index (χ3n) is 6.00. The number of hydrogen-bond acceptors (Lipinski definition) is 6. The SMILES string of the molecule is CCOc1ccc(C(C)NS(=O)(=O)c2ccc(OC)c(C(=O)N3CCCCCC3)c2)cc1OCC. The quantitative estimate of drug-likeness (QED) is 0.510. The van der Waals surface area contributed by atoms with Crippen molar-refractivity contribution in [2.45, 2.75) is 57.4 Å². The maximum Gasteiger partial charge on any atom is 0.257 e. The second-order valence-corrected chi connectivity index (χ2v) is 10.2. The molecule has 0 aliphatic carbocycles. The lowest BCUT2D eigenvalue weighted by Gasteiger charge is -2.22. The topological polar surface area (TPSA) is 94.2 Å². The van der Waals surface area contributed by atoms with Crippen molar-refractivity contribution in [1.82, 2.24) is 9.62 Å². The number of nitrogens with zero attached hydrogens (tertiary/aromatic N) is 1. The van der Waals surface area contributed by atoms with E-state index in [0.29, 0.717) is 43.6 Å². The van der Waals surface area contributed by atoms with Crippen molar-refractivity contribution < 1.29 is 27.4 Å². The van der Waals surface area contributed by atoms with Gasteiger partial charge in [0.15, 0.2) is 11.5 Å². The molecule has 1 unspecified atom stereocenters. The number of benzene rings is 2. The van der Waals surface area contributed by atoms with E-state index in [4.69, 9.17) is 14.2 Å². The summed E-state index contributed by atoms with van der Waals surface area (Å²) >= 11 is 0. The maximum atomic E-state index is 13.3. The molecule has 192 valence electrons. The molecule has 9 heteroatoms. The van der Waals surface area contributed by atoms with Gasteiger partial charge in [0.2, 0.25) is 10.0 Å². The highest BCUT2D eigenvalue weighted by molar-refractivity contribution is 7.89. The molecule has 0 saturated carbocycles. The van der Waals surface area contributed by atoms with Crippen LogP contribution in [0.25, 0.3) is 0 Å². The third kappa shape index (κ3) is 6.67. The molecule has 35 heavy (non-hydrogen) atoms. The Morgan fingerprint density at radius 3 is 2.20 bits per heavy atom. The van der Waals surface area contributed by atoms with Crippen molar-refractivity contribution in [2.24, 2.45) is 0 Å². The van der Waals surface area contributed by atoms with Gasteiger partial charge in [-0.25, -0.2) is 13.1 Å². The van der Waals surface area contributed by atoms with Crippen LogP contribution in [0.15, 0.2) is 41.3 Å².